The predicted octanol–water partition coefficient (Wildman–Crippen LogP) is 6.99. The van der Waals surface area contributed by atoms with Gasteiger partial charge >= 0.3 is 0 Å². The van der Waals surface area contributed by atoms with Crippen LogP contribution in [0.15, 0.2) is 47.5 Å². The van der Waals surface area contributed by atoms with Crippen molar-refractivity contribution in [2.75, 3.05) is 0 Å². The fourth-order valence-electron chi connectivity index (χ4n) is 4.07. The molecule has 0 heterocycles. The molecule has 0 amide bonds. The second kappa shape index (κ2) is 5.79. The molecule has 2 aromatic rings. The number of fused-ring (bicyclic) bond motifs is 2. The molecule has 0 radical (unpaired) electrons. The van der Waals surface area contributed by atoms with E-state index in [0.29, 0.717) is 0 Å². The van der Waals surface area contributed by atoms with Gasteiger partial charge in [0, 0.05) is 5.92 Å². The van der Waals surface area contributed by atoms with Crippen molar-refractivity contribution in [2.24, 2.45) is 5.92 Å². The number of rotatable bonds is 2. The van der Waals surface area contributed by atoms with Crippen LogP contribution in [0.5, 0.6) is 0 Å². The molecule has 2 unspecified atom stereocenters. The third kappa shape index (κ3) is 2.28. The lowest BCUT2D eigenvalue weighted by molar-refractivity contribution is 0.751. The van der Waals surface area contributed by atoms with E-state index in [2.05, 4.69) is 69.3 Å². The summed E-state index contributed by atoms with van der Waals surface area (Å²) in [5.41, 5.74) is 10.0. The molecule has 24 heavy (non-hydrogen) atoms. The molecule has 4 rings (SSSR count). The number of alkyl halides is 2. The molecule has 122 valence electrons. The molecule has 0 bridgehead atoms. The van der Waals surface area contributed by atoms with Gasteiger partial charge in [-0.1, -0.05) is 55.5 Å². The first-order valence-corrected chi connectivity index (χ1v) is 9.26. The largest absolute Gasteiger partial charge is 0.113 e. The zero-order valence-electron chi connectivity index (χ0n) is 14.1. The molecule has 0 spiro atoms. The number of hydrogen-bond acceptors (Lipinski definition) is 0. The Hall–Kier alpha value is -1.50. The van der Waals surface area contributed by atoms with Crippen LogP contribution in [0, 0.1) is 19.8 Å². The van der Waals surface area contributed by atoms with Crippen LogP contribution >= 0.6 is 23.2 Å². The maximum absolute atomic E-state index is 6.84. The minimum atomic E-state index is -0.0641. The van der Waals surface area contributed by atoms with Gasteiger partial charge in [-0.05, 0) is 58.4 Å². The molecular formula is C22H20Cl2. The minimum absolute atomic E-state index is 0.0641. The van der Waals surface area contributed by atoms with E-state index >= 15 is 0 Å². The lowest BCUT2D eigenvalue weighted by Crippen LogP contribution is -2.08. The van der Waals surface area contributed by atoms with Crippen LogP contribution in [0.25, 0.3) is 12.2 Å². The molecule has 2 aliphatic rings. The third-order valence-corrected chi connectivity index (χ3v) is 6.39. The third-order valence-electron chi connectivity index (χ3n) is 5.45. The first-order chi connectivity index (χ1) is 11.5. The maximum Gasteiger partial charge on any atom is 0.0812 e. The van der Waals surface area contributed by atoms with Crippen molar-refractivity contribution in [2.45, 2.75) is 31.5 Å². The lowest BCUT2D eigenvalue weighted by atomic mass is 9.89. The number of aryl methyl sites for hydroxylation is 2. The van der Waals surface area contributed by atoms with Crippen molar-refractivity contribution >= 4 is 35.4 Å². The van der Waals surface area contributed by atoms with Crippen molar-refractivity contribution in [3.8, 4) is 0 Å². The van der Waals surface area contributed by atoms with Crippen LogP contribution in [0.2, 0.25) is 0 Å². The Morgan fingerprint density at radius 2 is 1.17 bits per heavy atom. The van der Waals surface area contributed by atoms with Gasteiger partial charge in [0.25, 0.3) is 0 Å². The summed E-state index contributed by atoms with van der Waals surface area (Å²) in [6.07, 6.45) is 4.51. The van der Waals surface area contributed by atoms with Crippen LogP contribution in [0.1, 0.15) is 51.1 Å². The molecule has 0 saturated carbocycles. The van der Waals surface area contributed by atoms with Crippen LogP contribution in [0.4, 0.5) is 0 Å². The summed E-state index contributed by atoms with van der Waals surface area (Å²) in [5.74, 6) is 0.230. The summed E-state index contributed by atoms with van der Waals surface area (Å²) < 4.78 is 0. The second-order valence-corrected chi connectivity index (χ2v) is 7.76. The number of allylic oxidation sites excluding steroid dienone is 2. The first-order valence-electron chi connectivity index (χ1n) is 8.39. The Morgan fingerprint density at radius 3 is 1.54 bits per heavy atom. The van der Waals surface area contributed by atoms with Gasteiger partial charge < -0.3 is 0 Å². The highest BCUT2D eigenvalue weighted by molar-refractivity contribution is 6.25. The lowest BCUT2D eigenvalue weighted by Gasteiger charge is -2.22. The molecular weight excluding hydrogens is 335 g/mol. The van der Waals surface area contributed by atoms with E-state index in [4.69, 9.17) is 23.2 Å². The van der Waals surface area contributed by atoms with E-state index in [9.17, 15) is 0 Å². The van der Waals surface area contributed by atoms with E-state index in [0.717, 1.165) is 0 Å². The molecule has 0 aromatic heterocycles. The van der Waals surface area contributed by atoms with Gasteiger partial charge in [0.1, 0.15) is 0 Å². The van der Waals surface area contributed by atoms with Crippen molar-refractivity contribution in [3.63, 3.8) is 0 Å². The van der Waals surface area contributed by atoms with E-state index in [1.807, 2.05) is 0 Å². The average molecular weight is 355 g/mol. The van der Waals surface area contributed by atoms with Crippen LogP contribution in [0.3, 0.4) is 0 Å². The number of benzene rings is 2. The Morgan fingerprint density at radius 1 is 0.750 bits per heavy atom. The SMILES string of the molecule is Cc1cccc2c1C(Cl)C(C(C)C1=Cc3cccc(C)c3C1Cl)=C2. The Bertz CT molecular complexity index is 815. The summed E-state index contributed by atoms with van der Waals surface area (Å²) in [6.45, 7) is 6.49. The summed E-state index contributed by atoms with van der Waals surface area (Å²) in [5, 5.41) is -0.128. The fraction of sp³-hybridized carbons (Fsp3) is 0.273. The van der Waals surface area contributed by atoms with E-state index < -0.39 is 0 Å². The summed E-state index contributed by atoms with van der Waals surface area (Å²) in [7, 11) is 0. The second-order valence-electron chi connectivity index (χ2n) is 6.89. The van der Waals surface area contributed by atoms with Gasteiger partial charge in [-0.25, -0.2) is 0 Å². The maximum atomic E-state index is 6.84. The van der Waals surface area contributed by atoms with Gasteiger partial charge in [-0.15, -0.1) is 23.2 Å². The van der Waals surface area contributed by atoms with Crippen LogP contribution in [-0.2, 0) is 0 Å². The molecule has 2 atom stereocenters. The topological polar surface area (TPSA) is 0 Å². The number of halogens is 2. The summed E-state index contributed by atoms with van der Waals surface area (Å²) >= 11 is 13.7. The van der Waals surface area contributed by atoms with Crippen LogP contribution in [-0.4, -0.2) is 0 Å². The highest BCUT2D eigenvalue weighted by Crippen LogP contribution is 2.51. The highest BCUT2D eigenvalue weighted by Gasteiger charge is 2.34. The monoisotopic (exact) mass is 354 g/mol. The molecule has 2 heteroatoms. The van der Waals surface area contributed by atoms with Gasteiger partial charge in [-0.2, -0.15) is 0 Å². The first kappa shape index (κ1) is 16.0. The summed E-state index contributed by atoms with van der Waals surface area (Å²) in [6, 6.07) is 12.8. The van der Waals surface area contributed by atoms with Crippen molar-refractivity contribution in [3.05, 3.63) is 80.9 Å². The zero-order valence-corrected chi connectivity index (χ0v) is 15.6. The van der Waals surface area contributed by atoms with Crippen molar-refractivity contribution in [1.29, 1.82) is 0 Å². The average Bonchev–Trinajstić information content (AvgIpc) is 3.07. The fourth-order valence-corrected chi connectivity index (χ4v) is 5.17. The summed E-state index contributed by atoms with van der Waals surface area (Å²) in [4.78, 5) is 0. The van der Waals surface area contributed by atoms with E-state index in [1.165, 1.54) is 44.5 Å². The molecule has 2 aliphatic carbocycles. The molecule has 2 aromatic carbocycles. The molecule has 0 aliphatic heterocycles. The molecule has 0 N–H and O–H groups in total. The smallest absolute Gasteiger partial charge is 0.0812 e. The van der Waals surface area contributed by atoms with Gasteiger partial charge in [0.05, 0.1) is 10.8 Å². The molecule has 0 nitrogen and oxygen atoms in total. The van der Waals surface area contributed by atoms with Gasteiger partial charge in [0.15, 0.2) is 0 Å². The van der Waals surface area contributed by atoms with E-state index in [-0.39, 0.29) is 16.7 Å². The standard InChI is InChI=1S/C22H20Cl2/c1-12-6-4-8-15-10-17(21(23)19(12)15)14(3)18-11-16-9-5-7-13(2)20(16)22(18)24/h4-11,14,21-22H,1-3H3. The Labute approximate surface area is 153 Å². The van der Waals surface area contributed by atoms with E-state index in [1.54, 1.807) is 0 Å². The zero-order chi connectivity index (χ0) is 17.0. The quantitative estimate of drug-likeness (QED) is 0.509. The molecule has 0 saturated heterocycles. The highest BCUT2D eigenvalue weighted by atomic mass is 35.5. The molecule has 0 fully saturated rings. The Balaban J connectivity index is 1.71. The minimum Gasteiger partial charge on any atom is -0.113 e. The van der Waals surface area contributed by atoms with Gasteiger partial charge in [0.2, 0.25) is 0 Å². The number of hydrogen-bond donors (Lipinski definition) is 0. The van der Waals surface area contributed by atoms with Crippen molar-refractivity contribution < 1.29 is 0 Å². The van der Waals surface area contributed by atoms with Crippen molar-refractivity contribution in [1.82, 2.24) is 0 Å². The Kier molecular flexibility index (Phi) is 3.86. The normalized spacial score (nSPS) is 22.7. The van der Waals surface area contributed by atoms with Crippen LogP contribution < -0.4 is 0 Å². The van der Waals surface area contributed by atoms with Gasteiger partial charge in [-0.3, -0.25) is 0 Å². The predicted molar refractivity (Wildman–Crippen MR) is 105 cm³/mol.